The topological polar surface area (TPSA) is 220 Å². The van der Waals surface area contributed by atoms with Crippen molar-refractivity contribution in [2.75, 3.05) is 87.4 Å². The number of ether oxygens (including phenoxy) is 4. The molecule has 21 heteroatoms. The Morgan fingerprint density at radius 3 is 2.40 bits per heavy atom. The van der Waals surface area contributed by atoms with Crippen molar-refractivity contribution >= 4 is 55.4 Å². The van der Waals surface area contributed by atoms with E-state index in [0.717, 1.165) is 114 Å². The highest BCUT2D eigenvalue weighted by atomic mass is 32.2. The van der Waals surface area contributed by atoms with Gasteiger partial charge >= 0.3 is 0 Å². The highest BCUT2D eigenvalue weighted by Crippen LogP contribution is 2.54. The van der Waals surface area contributed by atoms with Gasteiger partial charge in [0.25, 0.3) is 21.6 Å². The Kier molecular flexibility index (Phi) is 16.5. The number of nitro groups is 1. The number of piperidine rings is 1. The van der Waals surface area contributed by atoms with Crippen LogP contribution >= 0.6 is 0 Å². The first-order valence-corrected chi connectivity index (χ1v) is 33.3. The zero-order valence-electron chi connectivity index (χ0n) is 50.3. The third-order valence-corrected chi connectivity index (χ3v) is 22.0. The predicted molar refractivity (Wildman–Crippen MR) is 330 cm³/mol. The molecule has 0 bridgehead atoms. The number of fused-ring (bicyclic) bond motifs is 3. The number of pyridine rings is 1. The van der Waals surface area contributed by atoms with Gasteiger partial charge in [-0.2, -0.15) is 4.98 Å². The second-order valence-corrected chi connectivity index (χ2v) is 28.4. The zero-order valence-corrected chi connectivity index (χ0v) is 51.1. The number of piperazine rings is 1. The van der Waals surface area contributed by atoms with E-state index in [9.17, 15) is 28.4 Å². The summed E-state index contributed by atoms with van der Waals surface area (Å²) in [6.45, 7) is 17.0. The number of aliphatic hydroxyl groups is 1. The van der Waals surface area contributed by atoms with Crippen LogP contribution in [0.1, 0.15) is 133 Å². The standard InChI is InChI=1S/C65H86N10O10S/c1-42(2)84-59-8-6-5-7-51(59)58-39-71(46-9-11-47(12-10-46)72-30-32-83-40-43(72)3)28-29-73(58)49-36-65(37-49)23-26-70(27-24-65)48-13-15-52(55(34-48)74-54-20-31-82-41-60(54)85-63-57(74)33-45-19-25-66-61(45)68-63)62(76)69-86(80,81)50-14-16-53(56(35-50)75(78)79)67-38-44-17-21-64(4,77)22-18-44/h5-8,13-16,19,25,33-35,42-44,46-47,49,54,58,60,67,77H,9-12,17-18,20-24,26-32,36-41H2,1-4H3,(H,66,68)(H,69,76)/t43-,44?,46?,47?,54+,58-,60+,64?/m1/s1. The van der Waals surface area contributed by atoms with E-state index in [1.54, 1.807) is 6.07 Å². The van der Waals surface area contributed by atoms with Crippen LogP contribution in [0.25, 0.3) is 11.0 Å². The maximum atomic E-state index is 14.9. The molecule has 4 N–H and O–H groups in total. The maximum absolute atomic E-state index is 14.9. The van der Waals surface area contributed by atoms with Crippen LogP contribution in [0.3, 0.4) is 0 Å². The summed E-state index contributed by atoms with van der Waals surface area (Å²) in [6, 6.07) is 24.1. The SMILES string of the molecule is CC(C)Oc1ccccc1[C@H]1CN(C2CCC(N3CCOC[C@H]3C)CC2)CCN1C1CC2(CCN(c3ccc(C(=O)NS(=O)(=O)c4ccc(NCC5CCC(C)(O)CC5)c([N+](=O)[O-])c4)c(N4c5cc6cc[nH]c6nc5O[C@H]5COCC[C@@H]54)c3)CC2)C1. The van der Waals surface area contributed by atoms with E-state index in [4.69, 9.17) is 23.9 Å². The van der Waals surface area contributed by atoms with Crippen molar-refractivity contribution in [1.82, 2.24) is 29.4 Å². The predicted octanol–water partition coefficient (Wildman–Crippen LogP) is 9.56. The van der Waals surface area contributed by atoms with Gasteiger partial charge in [0.15, 0.2) is 0 Å². The maximum Gasteiger partial charge on any atom is 0.293 e. The van der Waals surface area contributed by atoms with E-state index >= 15 is 0 Å². The van der Waals surface area contributed by atoms with Gasteiger partial charge in [0.05, 0.1) is 64.7 Å². The van der Waals surface area contributed by atoms with Crippen molar-refractivity contribution in [3.8, 4) is 11.6 Å². The molecule has 1 spiro atoms. The number of aromatic amines is 1. The molecule has 3 saturated carbocycles. The fourth-order valence-corrected chi connectivity index (χ4v) is 16.9. The van der Waals surface area contributed by atoms with Crippen molar-refractivity contribution in [3.63, 3.8) is 0 Å². The number of nitro benzene ring substituents is 1. The molecular weight excluding hydrogens is 1110 g/mol. The molecule has 8 aliphatic rings. The number of morpholine rings is 1. The van der Waals surface area contributed by atoms with E-state index < -0.39 is 43.1 Å². The quantitative estimate of drug-likeness (QED) is 0.0566. The summed E-state index contributed by atoms with van der Waals surface area (Å²) in [6.07, 6.45) is 14.0. The molecule has 5 aliphatic heterocycles. The number of carbonyl (C=O) groups excluding carboxylic acids is 1. The number of sulfonamides is 1. The fourth-order valence-electron chi connectivity index (χ4n) is 15.9. The summed E-state index contributed by atoms with van der Waals surface area (Å²) in [4.78, 5) is 47.3. The number of hydrogen-bond donors (Lipinski definition) is 4. The lowest BCUT2D eigenvalue weighted by Gasteiger charge is -2.59. The Bertz CT molecular complexity index is 3380. The van der Waals surface area contributed by atoms with Crippen LogP contribution in [0.2, 0.25) is 0 Å². The number of aromatic nitrogens is 2. The number of carbonyl (C=O) groups is 1. The van der Waals surface area contributed by atoms with Gasteiger partial charge in [-0.05, 0) is 171 Å². The summed E-state index contributed by atoms with van der Waals surface area (Å²) in [5.41, 5.74) is 3.35. The Labute approximate surface area is 505 Å². The van der Waals surface area contributed by atoms with Crippen LogP contribution < -0.4 is 29.3 Å². The van der Waals surface area contributed by atoms with Crippen molar-refractivity contribution in [2.24, 2.45) is 11.3 Å². The van der Waals surface area contributed by atoms with Crippen LogP contribution in [0.4, 0.5) is 28.4 Å². The summed E-state index contributed by atoms with van der Waals surface area (Å²) < 4.78 is 55.9. The van der Waals surface area contributed by atoms with Gasteiger partial charge in [0.1, 0.15) is 28.9 Å². The van der Waals surface area contributed by atoms with Gasteiger partial charge in [0.2, 0.25) is 5.88 Å². The number of amides is 1. The van der Waals surface area contributed by atoms with Gasteiger partial charge in [-0.1, -0.05) is 18.2 Å². The van der Waals surface area contributed by atoms with Crippen LogP contribution in [-0.4, -0.2) is 169 Å². The Balaban J connectivity index is 0.740. The second kappa shape index (κ2) is 24.1. The molecule has 2 aromatic heterocycles. The fraction of sp³-hybridized carbons (Fsp3) is 0.600. The molecule has 20 nitrogen and oxygen atoms in total. The van der Waals surface area contributed by atoms with E-state index in [1.807, 2.05) is 37.4 Å². The molecule has 7 fully saturated rings. The molecular formula is C65H86N10O10S. The highest BCUT2D eigenvalue weighted by Gasteiger charge is 2.51. The van der Waals surface area contributed by atoms with Gasteiger partial charge in [0, 0.05) is 105 Å². The highest BCUT2D eigenvalue weighted by molar-refractivity contribution is 7.90. The molecule has 3 aromatic carbocycles. The zero-order chi connectivity index (χ0) is 59.5. The lowest BCUT2D eigenvalue weighted by atomic mass is 9.59. The van der Waals surface area contributed by atoms with E-state index in [0.29, 0.717) is 86.1 Å². The Hall–Kier alpha value is -6.07. The van der Waals surface area contributed by atoms with Gasteiger partial charge in [-0.15, -0.1) is 0 Å². The minimum absolute atomic E-state index is 0.0692. The average molecular weight is 1200 g/mol. The van der Waals surface area contributed by atoms with Crippen molar-refractivity contribution in [1.29, 1.82) is 0 Å². The monoisotopic (exact) mass is 1200 g/mol. The van der Waals surface area contributed by atoms with Crippen molar-refractivity contribution in [2.45, 2.75) is 170 Å². The molecule has 3 aliphatic carbocycles. The molecule has 462 valence electrons. The van der Waals surface area contributed by atoms with E-state index in [1.165, 1.54) is 43.4 Å². The number of para-hydroxylation sites is 1. The van der Waals surface area contributed by atoms with E-state index in [2.05, 4.69) is 84.6 Å². The van der Waals surface area contributed by atoms with Crippen LogP contribution in [0, 0.1) is 21.4 Å². The number of nitrogens with one attached hydrogen (secondary N) is 3. The Morgan fingerprint density at radius 1 is 0.860 bits per heavy atom. The minimum Gasteiger partial charge on any atom is -0.491 e. The molecule has 86 heavy (non-hydrogen) atoms. The molecule has 0 radical (unpaired) electrons. The molecule has 5 aromatic rings. The Morgan fingerprint density at radius 2 is 1.63 bits per heavy atom. The van der Waals surface area contributed by atoms with Gasteiger partial charge < -0.3 is 44.2 Å². The number of anilines is 4. The van der Waals surface area contributed by atoms with Crippen LogP contribution in [0.15, 0.2) is 83.9 Å². The molecule has 13 rings (SSSR count). The first-order valence-electron chi connectivity index (χ1n) is 31.8. The van der Waals surface area contributed by atoms with Gasteiger partial charge in [-0.25, -0.2) is 13.1 Å². The van der Waals surface area contributed by atoms with Crippen molar-refractivity contribution in [3.05, 3.63) is 100 Å². The first-order chi connectivity index (χ1) is 41.5. The number of hydrogen-bond acceptors (Lipinski definition) is 17. The summed E-state index contributed by atoms with van der Waals surface area (Å²) in [5.74, 6) is 0.674. The van der Waals surface area contributed by atoms with E-state index in [-0.39, 0.29) is 40.8 Å². The molecule has 0 unspecified atom stereocenters. The van der Waals surface area contributed by atoms with Crippen molar-refractivity contribution < 1.29 is 42.2 Å². The molecule has 7 heterocycles. The third kappa shape index (κ3) is 12.0. The minimum atomic E-state index is -4.64. The molecule has 4 saturated heterocycles. The number of H-pyrrole nitrogens is 1. The summed E-state index contributed by atoms with van der Waals surface area (Å²) in [5, 5.41) is 26.9. The smallest absolute Gasteiger partial charge is 0.293 e. The lowest BCUT2D eigenvalue weighted by molar-refractivity contribution is -0.384. The number of rotatable bonds is 15. The largest absolute Gasteiger partial charge is 0.491 e. The second-order valence-electron chi connectivity index (χ2n) is 26.7. The number of nitrogens with zero attached hydrogens (tertiary/aromatic N) is 7. The number of benzene rings is 3. The molecule has 4 atom stereocenters. The average Bonchev–Trinajstić information content (AvgIpc) is 1.09. The lowest BCUT2D eigenvalue weighted by Crippen LogP contribution is -2.61. The van der Waals surface area contributed by atoms with Gasteiger partial charge in [-0.3, -0.25) is 29.6 Å². The normalized spacial score (nSPS) is 28.6. The summed E-state index contributed by atoms with van der Waals surface area (Å²) >= 11 is 0. The third-order valence-electron chi connectivity index (χ3n) is 20.7. The van der Waals surface area contributed by atoms with Crippen LogP contribution in [0.5, 0.6) is 11.6 Å². The first kappa shape index (κ1) is 58.9. The summed E-state index contributed by atoms with van der Waals surface area (Å²) in [7, 11) is -4.64. The van der Waals surface area contributed by atoms with Crippen LogP contribution in [-0.2, 0) is 19.5 Å². The molecule has 1 amide bonds.